The Hall–Kier alpha value is -2.16. The minimum atomic E-state index is 0.217. The van der Waals surface area contributed by atoms with Crippen molar-refractivity contribution in [2.45, 2.75) is 12.8 Å². The Bertz CT molecular complexity index is 600. The lowest BCUT2D eigenvalue weighted by Gasteiger charge is -2.22. The molecule has 0 aliphatic heterocycles. The van der Waals surface area contributed by atoms with E-state index in [1.54, 1.807) is 31.4 Å². The first-order valence-electron chi connectivity index (χ1n) is 5.91. The van der Waals surface area contributed by atoms with E-state index in [1.165, 1.54) is 5.56 Å². The van der Waals surface area contributed by atoms with Crippen LogP contribution in [0.25, 0.3) is 11.1 Å². The van der Waals surface area contributed by atoms with Crippen molar-refractivity contribution in [1.29, 1.82) is 0 Å². The summed E-state index contributed by atoms with van der Waals surface area (Å²) >= 11 is 0. The number of hydrogen-bond acceptors (Lipinski definition) is 3. The summed E-state index contributed by atoms with van der Waals surface area (Å²) in [5.74, 6) is 1.11. The zero-order valence-electron chi connectivity index (χ0n) is 10.1. The van der Waals surface area contributed by atoms with Gasteiger partial charge in [-0.05, 0) is 47.7 Å². The highest BCUT2D eigenvalue weighted by molar-refractivity contribution is 5.80. The first-order chi connectivity index (χ1) is 8.69. The van der Waals surface area contributed by atoms with Gasteiger partial charge in [-0.15, -0.1) is 0 Å². The molecule has 0 aromatic heterocycles. The molecule has 3 heteroatoms. The fourth-order valence-electron chi connectivity index (χ4n) is 2.61. The minimum Gasteiger partial charge on any atom is -0.508 e. The van der Waals surface area contributed by atoms with Crippen molar-refractivity contribution in [2.24, 2.45) is 0 Å². The maximum absolute atomic E-state index is 9.67. The number of benzene rings is 2. The fourth-order valence-corrected chi connectivity index (χ4v) is 2.61. The van der Waals surface area contributed by atoms with E-state index in [4.69, 9.17) is 4.74 Å². The van der Waals surface area contributed by atoms with Gasteiger partial charge in [-0.2, -0.15) is 0 Å². The molecular weight excluding hydrogens is 228 g/mol. The summed E-state index contributed by atoms with van der Waals surface area (Å²) in [6, 6.07) is 8.78. The fraction of sp³-hybridized carbons (Fsp3) is 0.200. The Morgan fingerprint density at radius 3 is 2.50 bits per heavy atom. The van der Waals surface area contributed by atoms with Gasteiger partial charge < -0.3 is 14.9 Å². The van der Waals surface area contributed by atoms with Gasteiger partial charge in [0, 0.05) is 11.6 Å². The lowest BCUT2D eigenvalue weighted by molar-refractivity contribution is 0.408. The van der Waals surface area contributed by atoms with E-state index in [0.29, 0.717) is 5.75 Å². The summed E-state index contributed by atoms with van der Waals surface area (Å²) in [4.78, 5) is 0. The van der Waals surface area contributed by atoms with Crippen molar-refractivity contribution in [3.63, 3.8) is 0 Å². The van der Waals surface area contributed by atoms with E-state index < -0.39 is 0 Å². The summed E-state index contributed by atoms with van der Waals surface area (Å²) in [5, 5.41) is 19.3. The van der Waals surface area contributed by atoms with Crippen LogP contribution >= 0.6 is 0 Å². The third-order valence-corrected chi connectivity index (χ3v) is 3.41. The Balaban J connectivity index is 2.31. The third kappa shape index (κ3) is 1.59. The van der Waals surface area contributed by atoms with Crippen molar-refractivity contribution >= 4 is 0 Å². The van der Waals surface area contributed by atoms with Crippen LogP contribution in [0.4, 0.5) is 0 Å². The highest BCUT2D eigenvalue weighted by Gasteiger charge is 2.21. The first-order valence-corrected chi connectivity index (χ1v) is 5.91. The second-order valence-corrected chi connectivity index (χ2v) is 4.52. The van der Waals surface area contributed by atoms with Crippen molar-refractivity contribution in [3.05, 3.63) is 41.5 Å². The molecule has 2 aromatic rings. The number of methoxy groups -OCH3 is 1. The van der Waals surface area contributed by atoms with E-state index in [9.17, 15) is 10.2 Å². The number of aryl methyl sites for hydroxylation is 2. The molecule has 0 amide bonds. The van der Waals surface area contributed by atoms with Crippen LogP contribution in [0.3, 0.4) is 0 Å². The van der Waals surface area contributed by atoms with Gasteiger partial charge >= 0.3 is 0 Å². The summed E-state index contributed by atoms with van der Waals surface area (Å²) in [5.41, 5.74) is 4.23. The lowest BCUT2D eigenvalue weighted by atomic mass is 9.85. The molecule has 3 nitrogen and oxygen atoms in total. The smallest absolute Gasteiger partial charge is 0.130 e. The quantitative estimate of drug-likeness (QED) is 0.808. The zero-order chi connectivity index (χ0) is 12.7. The molecule has 2 N–H and O–H groups in total. The van der Waals surface area contributed by atoms with E-state index >= 15 is 0 Å². The molecule has 0 heterocycles. The number of rotatable bonds is 1. The summed E-state index contributed by atoms with van der Waals surface area (Å²) in [7, 11) is 1.59. The maximum Gasteiger partial charge on any atom is 0.130 e. The van der Waals surface area contributed by atoms with Gasteiger partial charge in [0.1, 0.15) is 17.2 Å². The van der Waals surface area contributed by atoms with Crippen LogP contribution in [-0.4, -0.2) is 17.3 Å². The predicted molar refractivity (Wildman–Crippen MR) is 69.2 cm³/mol. The topological polar surface area (TPSA) is 49.7 Å². The largest absolute Gasteiger partial charge is 0.508 e. The molecule has 0 saturated carbocycles. The monoisotopic (exact) mass is 242 g/mol. The molecule has 0 radical (unpaired) electrons. The SMILES string of the molecule is COc1cc(O)cc2c1-c1cc(O)ccc1CC2. The molecule has 1 aliphatic carbocycles. The molecule has 18 heavy (non-hydrogen) atoms. The third-order valence-electron chi connectivity index (χ3n) is 3.41. The molecule has 0 saturated heterocycles. The molecule has 1 aliphatic rings. The van der Waals surface area contributed by atoms with Crippen LogP contribution in [0.15, 0.2) is 30.3 Å². The van der Waals surface area contributed by atoms with E-state index in [1.807, 2.05) is 6.07 Å². The zero-order valence-corrected chi connectivity index (χ0v) is 10.1. The van der Waals surface area contributed by atoms with Gasteiger partial charge in [0.2, 0.25) is 0 Å². The molecular formula is C15H14O3. The highest BCUT2D eigenvalue weighted by atomic mass is 16.5. The Morgan fingerprint density at radius 1 is 0.944 bits per heavy atom. The minimum absolute atomic E-state index is 0.217. The lowest BCUT2D eigenvalue weighted by Crippen LogP contribution is -2.05. The van der Waals surface area contributed by atoms with Crippen molar-refractivity contribution < 1.29 is 14.9 Å². The van der Waals surface area contributed by atoms with Gasteiger partial charge in [-0.1, -0.05) is 6.07 Å². The number of phenolic OH excluding ortho intramolecular Hbond substituents is 2. The van der Waals surface area contributed by atoms with E-state index in [0.717, 1.165) is 29.5 Å². The number of fused-ring (bicyclic) bond motifs is 3. The number of hydrogen-bond donors (Lipinski definition) is 2. The summed E-state index contributed by atoms with van der Waals surface area (Å²) in [6.45, 7) is 0. The molecule has 0 unspecified atom stereocenters. The Kier molecular flexibility index (Phi) is 2.40. The number of phenols is 2. The van der Waals surface area contributed by atoms with Gasteiger partial charge in [0.15, 0.2) is 0 Å². The van der Waals surface area contributed by atoms with Crippen LogP contribution in [0.2, 0.25) is 0 Å². The van der Waals surface area contributed by atoms with Crippen molar-refractivity contribution in [1.82, 2.24) is 0 Å². The second-order valence-electron chi connectivity index (χ2n) is 4.52. The molecule has 0 fully saturated rings. The molecule has 3 rings (SSSR count). The van der Waals surface area contributed by atoms with Gasteiger partial charge in [0.25, 0.3) is 0 Å². The average Bonchev–Trinajstić information content (AvgIpc) is 2.37. The van der Waals surface area contributed by atoms with Crippen LogP contribution < -0.4 is 4.74 Å². The first kappa shape index (κ1) is 11.0. The van der Waals surface area contributed by atoms with Gasteiger partial charge in [0.05, 0.1) is 7.11 Å². The second kappa shape index (κ2) is 3.95. The van der Waals surface area contributed by atoms with Crippen LogP contribution in [0.5, 0.6) is 17.2 Å². The van der Waals surface area contributed by atoms with E-state index in [-0.39, 0.29) is 11.5 Å². The van der Waals surface area contributed by atoms with Crippen molar-refractivity contribution in [2.75, 3.05) is 7.11 Å². The van der Waals surface area contributed by atoms with Gasteiger partial charge in [-0.3, -0.25) is 0 Å². The van der Waals surface area contributed by atoms with Crippen LogP contribution in [0.1, 0.15) is 11.1 Å². The Morgan fingerprint density at radius 2 is 1.72 bits per heavy atom. The van der Waals surface area contributed by atoms with Crippen LogP contribution in [0, 0.1) is 0 Å². The van der Waals surface area contributed by atoms with Crippen molar-refractivity contribution in [3.8, 4) is 28.4 Å². The number of aromatic hydroxyl groups is 2. The predicted octanol–water partition coefficient (Wildman–Crippen LogP) is 2.87. The average molecular weight is 242 g/mol. The molecule has 0 atom stereocenters. The maximum atomic E-state index is 9.67. The highest BCUT2D eigenvalue weighted by Crippen LogP contribution is 2.43. The standard InChI is InChI=1S/C15H14O3/c1-18-14-8-12(17)6-10-3-2-9-4-5-11(16)7-13(9)15(10)14/h4-8,16-17H,2-3H2,1H3. The number of ether oxygens (including phenoxy) is 1. The molecule has 0 spiro atoms. The van der Waals surface area contributed by atoms with E-state index in [2.05, 4.69) is 0 Å². The summed E-state index contributed by atoms with van der Waals surface area (Å²) < 4.78 is 5.35. The molecule has 92 valence electrons. The Labute approximate surface area is 105 Å². The molecule has 0 bridgehead atoms. The molecule has 2 aromatic carbocycles. The van der Waals surface area contributed by atoms with Crippen LogP contribution in [-0.2, 0) is 12.8 Å². The normalized spacial score (nSPS) is 12.7. The van der Waals surface area contributed by atoms with Gasteiger partial charge in [-0.25, -0.2) is 0 Å². The summed E-state index contributed by atoms with van der Waals surface area (Å²) in [6.07, 6.45) is 1.78.